The van der Waals surface area contributed by atoms with Crippen LogP contribution in [0.15, 0.2) is 24.3 Å². The quantitative estimate of drug-likeness (QED) is 0.866. The van der Waals surface area contributed by atoms with Gasteiger partial charge < -0.3 is 15.4 Å². The Bertz CT molecular complexity index is 442. The lowest BCUT2D eigenvalue weighted by Gasteiger charge is -2.21. The molecule has 0 spiro atoms. The molecule has 1 aromatic carbocycles. The zero-order chi connectivity index (χ0) is 14.4. The van der Waals surface area contributed by atoms with E-state index in [1.54, 1.807) is 4.90 Å². The summed E-state index contributed by atoms with van der Waals surface area (Å²) in [5.74, 6) is 1.40. The second-order valence-electron chi connectivity index (χ2n) is 5.53. The molecule has 2 N–H and O–H groups in total. The Kier molecular flexibility index (Phi) is 5.41. The Morgan fingerprint density at radius 2 is 2.05 bits per heavy atom. The first-order chi connectivity index (χ1) is 9.70. The van der Waals surface area contributed by atoms with Crippen LogP contribution in [0.25, 0.3) is 0 Å². The fourth-order valence-electron chi connectivity index (χ4n) is 2.75. The van der Waals surface area contributed by atoms with E-state index in [1.165, 1.54) is 25.7 Å². The van der Waals surface area contributed by atoms with E-state index < -0.39 is 0 Å². The SMILES string of the molecule is CN(CC1CCCC1)C(=O)COc1ccccc1CN. The minimum Gasteiger partial charge on any atom is -0.483 e. The molecule has 1 fully saturated rings. The lowest BCUT2D eigenvalue weighted by Crippen LogP contribution is -2.34. The van der Waals surface area contributed by atoms with Crippen LogP contribution in [0.4, 0.5) is 0 Å². The maximum absolute atomic E-state index is 12.1. The highest BCUT2D eigenvalue weighted by atomic mass is 16.5. The number of benzene rings is 1. The molecule has 1 saturated carbocycles. The summed E-state index contributed by atoms with van der Waals surface area (Å²) in [6.45, 7) is 1.35. The highest BCUT2D eigenvalue weighted by molar-refractivity contribution is 5.77. The van der Waals surface area contributed by atoms with Crippen LogP contribution in [-0.2, 0) is 11.3 Å². The average molecular weight is 276 g/mol. The summed E-state index contributed by atoms with van der Waals surface area (Å²) in [7, 11) is 1.86. The number of nitrogens with two attached hydrogens (primary N) is 1. The number of amides is 1. The van der Waals surface area contributed by atoms with Gasteiger partial charge in [-0.15, -0.1) is 0 Å². The lowest BCUT2D eigenvalue weighted by atomic mass is 10.1. The number of hydrogen-bond donors (Lipinski definition) is 1. The first-order valence-corrected chi connectivity index (χ1v) is 7.35. The van der Waals surface area contributed by atoms with Crippen LogP contribution < -0.4 is 10.5 Å². The minimum atomic E-state index is 0.0312. The van der Waals surface area contributed by atoms with Crippen LogP contribution in [0.1, 0.15) is 31.2 Å². The first-order valence-electron chi connectivity index (χ1n) is 7.35. The highest BCUT2D eigenvalue weighted by Crippen LogP contribution is 2.25. The van der Waals surface area contributed by atoms with Gasteiger partial charge in [0.25, 0.3) is 5.91 Å². The van der Waals surface area contributed by atoms with E-state index in [0.717, 1.165) is 12.1 Å². The number of nitrogens with zero attached hydrogens (tertiary/aromatic N) is 1. The van der Waals surface area contributed by atoms with Gasteiger partial charge in [0.05, 0.1) is 0 Å². The van der Waals surface area contributed by atoms with Gasteiger partial charge in [-0.3, -0.25) is 4.79 Å². The largest absolute Gasteiger partial charge is 0.483 e. The van der Waals surface area contributed by atoms with Gasteiger partial charge in [-0.2, -0.15) is 0 Å². The monoisotopic (exact) mass is 276 g/mol. The second kappa shape index (κ2) is 7.29. The molecule has 0 unspecified atom stereocenters. The standard InChI is InChI=1S/C16H24N2O2/c1-18(11-13-6-2-3-7-13)16(19)12-20-15-9-5-4-8-14(15)10-17/h4-5,8-9,13H,2-3,6-7,10-12,17H2,1H3. The summed E-state index contributed by atoms with van der Waals surface area (Å²) in [6, 6.07) is 7.58. The van der Waals surface area contributed by atoms with Crippen molar-refractivity contribution in [1.29, 1.82) is 0 Å². The summed E-state index contributed by atoms with van der Waals surface area (Å²) in [5, 5.41) is 0. The van der Waals surface area contributed by atoms with Crippen molar-refractivity contribution in [3.05, 3.63) is 29.8 Å². The van der Waals surface area contributed by atoms with Gasteiger partial charge in [0, 0.05) is 25.7 Å². The molecule has 0 atom stereocenters. The number of likely N-dealkylation sites (N-methyl/N-ethyl adjacent to an activating group) is 1. The van der Waals surface area contributed by atoms with Crippen LogP contribution in [0.5, 0.6) is 5.75 Å². The Hall–Kier alpha value is -1.55. The first kappa shape index (κ1) is 14.9. The van der Waals surface area contributed by atoms with Crippen molar-refractivity contribution in [1.82, 2.24) is 4.90 Å². The van der Waals surface area contributed by atoms with Gasteiger partial charge in [0.1, 0.15) is 5.75 Å². The van der Waals surface area contributed by atoms with Crippen LogP contribution in [0.2, 0.25) is 0 Å². The van der Waals surface area contributed by atoms with Gasteiger partial charge in [-0.05, 0) is 24.8 Å². The maximum Gasteiger partial charge on any atom is 0.260 e. The third-order valence-electron chi connectivity index (χ3n) is 3.98. The second-order valence-corrected chi connectivity index (χ2v) is 5.53. The lowest BCUT2D eigenvalue weighted by molar-refractivity contribution is -0.132. The summed E-state index contributed by atoms with van der Waals surface area (Å²) >= 11 is 0. The molecule has 1 aliphatic carbocycles. The van der Waals surface area contributed by atoms with Crippen molar-refractivity contribution in [3.8, 4) is 5.75 Å². The van der Waals surface area contributed by atoms with Crippen LogP contribution >= 0.6 is 0 Å². The predicted molar refractivity (Wildman–Crippen MR) is 79.4 cm³/mol. The van der Waals surface area contributed by atoms with E-state index in [4.69, 9.17) is 10.5 Å². The fourth-order valence-corrected chi connectivity index (χ4v) is 2.75. The molecule has 0 radical (unpaired) electrons. The maximum atomic E-state index is 12.1. The van der Waals surface area contributed by atoms with Crippen LogP contribution in [0, 0.1) is 5.92 Å². The van der Waals surface area contributed by atoms with Crippen molar-refractivity contribution in [2.24, 2.45) is 11.7 Å². The normalized spacial score (nSPS) is 15.3. The predicted octanol–water partition coefficient (Wildman–Crippen LogP) is 2.17. The Morgan fingerprint density at radius 3 is 2.75 bits per heavy atom. The molecule has 110 valence electrons. The molecule has 20 heavy (non-hydrogen) atoms. The van der Waals surface area contributed by atoms with Crippen molar-refractivity contribution in [2.45, 2.75) is 32.2 Å². The van der Waals surface area contributed by atoms with E-state index in [2.05, 4.69) is 0 Å². The third-order valence-corrected chi connectivity index (χ3v) is 3.98. The molecule has 0 bridgehead atoms. The summed E-state index contributed by atoms with van der Waals surface area (Å²) in [5.41, 5.74) is 6.58. The number of ether oxygens (including phenoxy) is 1. The number of carbonyl (C=O) groups is 1. The van der Waals surface area contributed by atoms with Gasteiger partial charge in [-0.25, -0.2) is 0 Å². The number of para-hydroxylation sites is 1. The summed E-state index contributed by atoms with van der Waals surface area (Å²) in [4.78, 5) is 13.9. The number of rotatable bonds is 6. The van der Waals surface area contributed by atoms with E-state index >= 15 is 0 Å². The molecule has 0 saturated heterocycles. The molecule has 1 aliphatic rings. The molecule has 4 heteroatoms. The van der Waals surface area contributed by atoms with Gasteiger partial charge in [-0.1, -0.05) is 31.0 Å². The molecule has 0 heterocycles. The average Bonchev–Trinajstić information content (AvgIpc) is 2.97. The molecule has 4 nitrogen and oxygen atoms in total. The molecular formula is C16H24N2O2. The Balaban J connectivity index is 1.81. The van der Waals surface area contributed by atoms with E-state index in [1.807, 2.05) is 31.3 Å². The minimum absolute atomic E-state index is 0.0312. The number of hydrogen-bond acceptors (Lipinski definition) is 3. The molecule has 0 aliphatic heterocycles. The molecule has 2 rings (SSSR count). The molecule has 1 amide bonds. The van der Waals surface area contributed by atoms with Gasteiger partial charge in [0.15, 0.2) is 6.61 Å². The van der Waals surface area contributed by atoms with E-state index in [0.29, 0.717) is 18.2 Å². The Labute approximate surface area is 120 Å². The Morgan fingerprint density at radius 1 is 1.35 bits per heavy atom. The number of carbonyl (C=O) groups excluding carboxylic acids is 1. The summed E-state index contributed by atoms with van der Waals surface area (Å²) in [6.07, 6.45) is 5.09. The van der Waals surface area contributed by atoms with Gasteiger partial charge in [0.2, 0.25) is 0 Å². The van der Waals surface area contributed by atoms with E-state index in [9.17, 15) is 4.79 Å². The topological polar surface area (TPSA) is 55.6 Å². The van der Waals surface area contributed by atoms with Crippen molar-refractivity contribution >= 4 is 5.91 Å². The van der Waals surface area contributed by atoms with Crippen LogP contribution in [0.3, 0.4) is 0 Å². The van der Waals surface area contributed by atoms with Crippen molar-refractivity contribution in [2.75, 3.05) is 20.2 Å². The zero-order valence-electron chi connectivity index (χ0n) is 12.2. The van der Waals surface area contributed by atoms with Crippen molar-refractivity contribution < 1.29 is 9.53 Å². The zero-order valence-corrected chi connectivity index (χ0v) is 12.2. The smallest absolute Gasteiger partial charge is 0.260 e. The highest BCUT2D eigenvalue weighted by Gasteiger charge is 2.19. The van der Waals surface area contributed by atoms with Crippen LogP contribution in [-0.4, -0.2) is 31.0 Å². The molecular weight excluding hydrogens is 252 g/mol. The molecule has 1 aromatic rings. The molecule has 0 aromatic heterocycles. The van der Waals surface area contributed by atoms with Gasteiger partial charge >= 0.3 is 0 Å². The third kappa shape index (κ3) is 3.97. The van der Waals surface area contributed by atoms with E-state index in [-0.39, 0.29) is 12.5 Å². The van der Waals surface area contributed by atoms with Crippen molar-refractivity contribution in [3.63, 3.8) is 0 Å². The summed E-state index contributed by atoms with van der Waals surface area (Å²) < 4.78 is 5.60. The fraction of sp³-hybridized carbons (Fsp3) is 0.562.